The minimum Gasteiger partial charge on any atom is -0.488 e. The van der Waals surface area contributed by atoms with E-state index in [9.17, 15) is 0 Å². The number of hydrogen-bond acceptors (Lipinski definition) is 8. The van der Waals surface area contributed by atoms with Gasteiger partial charge in [0.25, 0.3) is 0 Å². The zero-order chi connectivity index (χ0) is 26.1. The number of aromatic nitrogens is 4. The van der Waals surface area contributed by atoms with Gasteiger partial charge in [0.2, 0.25) is 0 Å². The molecular formula is C27H28IN5O3S. The molecule has 0 amide bonds. The van der Waals surface area contributed by atoms with Gasteiger partial charge in [-0.3, -0.25) is 0 Å². The van der Waals surface area contributed by atoms with Crippen molar-refractivity contribution < 1.29 is 14.2 Å². The molecule has 0 saturated carbocycles. The lowest BCUT2D eigenvalue weighted by Gasteiger charge is -2.30. The van der Waals surface area contributed by atoms with Crippen LogP contribution in [0.1, 0.15) is 62.3 Å². The quantitative estimate of drug-likeness (QED) is 0.271. The number of ether oxygens (including phenoxy) is 3. The molecule has 2 aliphatic heterocycles. The van der Waals surface area contributed by atoms with Crippen LogP contribution in [0.5, 0.6) is 5.75 Å². The summed E-state index contributed by atoms with van der Waals surface area (Å²) in [4.78, 5) is 10.8. The normalized spacial score (nSPS) is 19.7. The van der Waals surface area contributed by atoms with E-state index >= 15 is 0 Å². The highest BCUT2D eigenvalue weighted by atomic mass is 127. The minimum atomic E-state index is -0.406. The molecule has 1 unspecified atom stereocenters. The van der Waals surface area contributed by atoms with Crippen LogP contribution in [0.2, 0.25) is 0 Å². The molecule has 1 atom stereocenters. The molecular weight excluding hydrogens is 601 g/mol. The third-order valence-corrected chi connectivity index (χ3v) is 9.45. The second-order valence-corrected chi connectivity index (χ2v) is 12.5. The number of nitrogen functional groups attached to an aromatic ring is 1. The van der Waals surface area contributed by atoms with Crippen LogP contribution in [0.25, 0.3) is 16.6 Å². The second-order valence-electron chi connectivity index (χ2n) is 10.3. The SMILES string of the molecule is CC(C1=C(c2ccc(C3OC(C)(C)C(C)(C)O3)s2)c2ccccc2OC1)n1nc(I)c2c(N)ncnc21. The summed E-state index contributed by atoms with van der Waals surface area (Å²) in [5.74, 6) is 1.29. The van der Waals surface area contributed by atoms with Crippen LogP contribution in [0.4, 0.5) is 5.82 Å². The number of para-hydroxylation sites is 1. The maximum Gasteiger partial charge on any atom is 0.194 e. The Hall–Kier alpha value is -2.54. The molecule has 2 aliphatic rings. The maximum absolute atomic E-state index is 6.33. The average Bonchev–Trinajstić information content (AvgIpc) is 3.53. The Balaban J connectivity index is 1.48. The molecule has 5 heterocycles. The Bertz CT molecular complexity index is 1540. The van der Waals surface area contributed by atoms with Gasteiger partial charge in [-0.15, -0.1) is 11.3 Å². The molecule has 0 spiro atoms. The van der Waals surface area contributed by atoms with E-state index in [1.54, 1.807) is 11.3 Å². The highest BCUT2D eigenvalue weighted by molar-refractivity contribution is 14.1. The standard InChI is InChI=1S/C27H28IN5O3S/c1-14(33-24-21(22(28)32-33)23(29)30-13-31-24)16-12-34-17-9-7-6-8-15(17)20(16)18-10-11-19(37-18)25-35-26(2,3)27(4,5)36-25/h6-11,13-14,25H,12H2,1-5H3,(H2,29,30,31). The number of anilines is 1. The van der Waals surface area contributed by atoms with E-state index in [1.165, 1.54) is 6.33 Å². The van der Waals surface area contributed by atoms with E-state index < -0.39 is 17.5 Å². The molecule has 10 heteroatoms. The van der Waals surface area contributed by atoms with Gasteiger partial charge >= 0.3 is 0 Å². The van der Waals surface area contributed by atoms with Crippen molar-refractivity contribution in [2.45, 2.75) is 58.2 Å². The van der Waals surface area contributed by atoms with E-state index in [-0.39, 0.29) is 6.04 Å². The topological polar surface area (TPSA) is 97.3 Å². The van der Waals surface area contributed by atoms with Crippen LogP contribution in [0.15, 0.2) is 48.3 Å². The number of nitrogens with zero attached hydrogens (tertiary/aromatic N) is 4. The molecule has 37 heavy (non-hydrogen) atoms. The van der Waals surface area contributed by atoms with Crippen molar-refractivity contribution in [2.75, 3.05) is 12.3 Å². The fraction of sp³-hybridized carbons (Fsp3) is 0.370. The highest BCUT2D eigenvalue weighted by Gasteiger charge is 2.50. The Kier molecular flexibility index (Phi) is 5.86. The van der Waals surface area contributed by atoms with Crippen molar-refractivity contribution in [3.63, 3.8) is 0 Å². The van der Waals surface area contributed by atoms with Gasteiger partial charge in [-0.05, 0) is 75.4 Å². The number of fused-ring (bicyclic) bond motifs is 2. The molecule has 1 saturated heterocycles. The van der Waals surface area contributed by atoms with Crippen molar-refractivity contribution >= 4 is 56.4 Å². The number of nitrogens with two attached hydrogens (primary N) is 1. The summed E-state index contributed by atoms with van der Waals surface area (Å²) in [5.41, 5.74) is 9.39. The Morgan fingerprint density at radius 1 is 1.08 bits per heavy atom. The smallest absolute Gasteiger partial charge is 0.194 e. The summed E-state index contributed by atoms with van der Waals surface area (Å²) in [6.07, 6.45) is 1.08. The first kappa shape index (κ1) is 24.8. The van der Waals surface area contributed by atoms with Crippen LogP contribution < -0.4 is 10.5 Å². The van der Waals surface area contributed by atoms with Crippen molar-refractivity contribution in [3.8, 4) is 5.75 Å². The number of thiophene rings is 1. The lowest BCUT2D eigenvalue weighted by atomic mass is 9.90. The highest BCUT2D eigenvalue weighted by Crippen LogP contribution is 2.49. The molecule has 0 radical (unpaired) electrons. The number of benzene rings is 1. The van der Waals surface area contributed by atoms with Gasteiger partial charge in [0.15, 0.2) is 11.9 Å². The monoisotopic (exact) mass is 629 g/mol. The van der Waals surface area contributed by atoms with Crippen molar-refractivity contribution in [2.24, 2.45) is 0 Å². The van der Waals surface area contributed by atoms with Gasteiger partial charge in [0.05, 0.1) is 27.5 Å². The molecule has 8 nitrogen and oxygen atoms in total. The molecule has 0 aliphatic carbocycles. The van der Waals surface area contributed by atoms with Gasteiger partial charge in [-0.2, -0.15) is 5.10 Å². The van der Waals surface area contributed by atoms with Gasteiger partial charge in [-0.1, -0.05) is 18.2 Å². The van der Waals surface area contributed by atoms with E-state index in [2.05, 4.69) is 85.4 Å². The first-order chi connectivity index (χ1) is 17.6. The molecule has 0 bridgehead atoms. The zero-order valence-electron chi connectivity index (χ0n) is 21.3. The van der Waals surface area contributed by atoms with Gasteiger partial charge in [0, 0.05) is 21.6 Å². The predicted molar refractivity (Wildman–Crippen MR) is 153 cm³/mol. The molecule has 1 aromatic carbocycles. The van der Waals surface area contributed by atoms with Gasteiger partial charge in [-0.25, -0.2) is 14.6 Å². The Labute approximate surface area is 233 Å². The minimum absolute atomic E-state index is 0.133. The molecule has 3 aromatic heterocycles. The van der Waals surface area contributed by atoms with Crippen molar-refractivity contribution in [3.05, 3.63) is 67.3 Å². The van der Waals surface area contributed by atoms with E-state index in [0.29, 0.717) is 18.1 Å². The number of halogens is 1. The summed E-state index contributed by atoms with van der Waals surface area (Å²) in [6, 6.07) is 12.3. The fourth-order valence-corrected chi connectivity index (χ4v) is 6.58. The molecule has 6 rings (SSSR count). The third-order valence-electron chi connectivity index (χ3n) is 7.57. The molecule has 1 fully saturated rings. The third kappa shape index (κ3) is 3.96. The van der Waals surface area contributed by atoms with Crippen LogP contribution >= 0.6 is 33.9 Å². The zero-order valence-corrected chi connectivity index (χ0v) is 24.3. The second kappa shape index (κ2) is 8.75. The Morgan fingerprint density at radius 2 is 1.81 bits per heavy atom. The van der Waals surface area contributed by atoms with Crippen LogP contribution in [0, 0.1) is 3.70 Å². The predicted octanol–water partition coefficient (Wildman–Crippen LogP) is 6.13. The van der Waals surface area contributed by atoms with Crippen LogP contribution in [-0.2, 0) is 9.47 Å². The number of rotatable bonds is 4. The summed E-state index contributed by atoms with van der Waals surface area (Å²) < 4.78 is 21.6. The number of hydrogen-bond donors (Lipinski definition) is 1. The molecule has 2 N–H and O–H groups in total. The van der Waals surface area contributed by atoms with E-state index in [4.69, 9.17) is 25.0 Å². The van der Waals surface area contributed by atoms with Crippen LogP contribution in [0.3, 0.4) is 0 Å². The summed E-state index contributed by atoms with van der Waals surface area (Å²) >= 11 is 3.88. The van der Waals surface area contributed by atoms with Gasteiger partial charge < -0.3 is 19.9 Å². The summed E-state index contributed by atoms with van der Waals surface area (Å²) in [7, 11) is 0. The maximum atomic E-state index is 6.33. The van der Waals surface area contributed by atoms with Crippen LogP contribution in [-0.4, -0.2) is 37.6 Å². The largest absolute Gasteiger partial charge is 0.488 e. The van der Waals surface area contributed by atoms with Crippen molar-refractivity contribution in [1.29, 1.82) is 0 Å². The summed E-state index contributed by atoms with van der Waals surface area (Å²) in [6.45, 7) is 10.9. The first-order valence-electron chi connectivity index (χ1n) is 12.1. The lowest BCUT2D eigenvalue weighted by Crippen LogP contribution is -2.41. The average molecular weight is 630 g/mol. The first-order valence-corrected chi connectivity index (χ1v) is 14.0. The molecule has 192 valence electrons. The fourth-order valence-electron chi connectivity index (χ4n) is 4.76. The molecule has 4 aromatic rings. The van der Waals surface area contributed by atoms with E-state index in [1.807, 2.05) is 22.9 Å². The summed E-state index contributed by atoms with van der Waals surface area (Å²) in [5, 5.41) is 5.58. The van der Waals surface area contributed by atoms with Crippen molar-refractivity contribution in [1.82, 2.24) is 19.7 Å². The van der Waals surface area contributed by atoms with Gasteiger partial charge in [0.1, 0.15) is 28.2 Å². The van der Waals surface area contributed by atoms with E-state index in [0.717, 1.165) is 41.3 Å². The lowest BCUT2D eigenvalue weighted by molar-refractivity contribution is -0.0871. The Morgan fingerprint density at radius 3 is 2.57 bits per heavy atom.